The van der Waals surface area contributed by atoms with Gasteiger partial charge in [0.15, 0.2) is 11.5 Å². The highest BCUT2D eigenvalue weighted by atomic mass is 35.5. The maximum Gasteiger partial charge on any atom is 0.347 e. The molecule has 2 aromatic carbocycles. The average molecular weight is 585 g/mol. The first kappa shape index (κ1) is 26.9. The Labute approximate surface area is 237 Å². The Bertz CT molecular complexity index is 1780. The summed E-state index contributed by atoms with van der Waals surface area (Å²) in [4.78, 5) is 55.5. The van der Waals surface area contributed by atoms with Crippen molar-refractivity contribution in [3.05, 3.63) is 79.4 Å². The number of aromatic nitrogens is 3. The van der Waals surface area contributed by atoms with Gasteiger partial charge in [-0.2, -0.15) is 0 Å². The maximum absolute atomic E-state index is 14.4. The summed E-state index contributed by atoms with van der Waals surface area (Å²) in [5.41, 5.74) is -1.15. The number of halogens is 2. The van der Waals surface area contributed by atoms with Gasteiger partial charge >= 0.3 is 11.4 Å². The number of fused-ring (bicyclic) bond motifs is 4. The van der Waals surface area contributed by atoms with Gasteiger partial charge in [-0.05, 0) is 54.8 Å². The van der Waals surface area contributed by atoms with E-state index < -0.39 is 52.3 Å². The van der Waals surface area contributed by atoms with E-state index in [1.165, 1.54) is 42.8 Å². The molecule has 1 aromatic heterocycles. The second-order valence-electron chi connectivity index (χ2n) is 10.6. The predicted octanol–water partition coefficient (Wildman–Crippen LogP) is 2.73. The topological polar surface area (TPSA) is 125 Å². The van der Waals surface area contributed by atoms with Crippen LogP contribution in [0.25, 0.3) is 0 Å². The number of ether oxygens (including phenoxy) is 2. The van der Waals surface area contributed by atoms with Crippen molar-refractivity contribution in [1.29, 1.82) is 0 Å². The molecule has 214 valence electrons. The monoisotopic (exact) mass is 584 g/mol. The van der Waals surface area contributed by atoms with E-state index in [4.69, 9.17) is 21.1 Å². The largest absolute Gasteiger partial charge is 0.502 e. The summed E-state index contributed by atoms with van der Waals surface area (Å²) in [6, 6.07) is 6.02. The number of methoxy groups -OCH3 is 2. The zero-order valence-corrected chi connectivity index (χ0v) is 23.3. The predicted molar refractivity (Wildman–Crippen MR) is 145 cm³/mol. The fourth-order valence-electron chi connectivity index (χ4n) is 6.72. The van der Waals surface area contributed by atoms with Crippen LogP contribution in [0.4, 0.5) is 10.1 Å². The van der Waals surface area contributed by atoms with Gasteiger partial charge in [0.2, 0.25) is 17.6 Å². The number of allylic oxidation sites excluding steroid dienone is 2. The minimum absolute atomic E-state index is 0.0601. The van der Waals surface area contributed by atoms with Crippen molar-refractivity contribution in [2.75, 3.05) is 19.1 Å². The van der Waals surface area contributed by atoms with Crippen LogP contribution < -0.4 is 25.8 Å². The highest BCUT2D eigenvalue weighted by molar-refractivity contribution is 6.31. The fraction of sp³-hybridized carbons (Fsp3) is 0.357. The van der Waals surface area contributed by atoms with Crippen molar-refractivity contribution >= 4 is 29.1 Å². The number of hydrogen-bond donors (Lipinski definition) is 1. The van der Waals surface area contributed by atoms with E-state index in [1.807, 2.05) is 0 Å². The van der Waals surface area contributed by atoms with Crippen molar-refractivity contribution < 1.29 is 28.6 Å². The van der Waals surface area contributed by atoms with Crippen LogP contribution in [0.5, 0.6) is 17.2 Å². The Morgan fingerprint density at radius 3 is 2.32 bits per heavy atom. The van der Waals surface area contributed by atoms with E-state index in [1.54, 1.807) is 25.1 Å². The van der Waals surface area contributed by atoms with Crippen molar-refractivity contribution in [3.8, 4) is 17.2 Å². The van der Waals surface area contributed by atoms with Gasteiger partial charge in [0.25, 0.3) is 0 Å². The van der Waals surface area contributed by atoms with Crippen LogP contribution in [0.15, 0.2) is 51.6 Å². The number of phenolic OH excluding ortho intramolecular Hbond substituents is 1. The maximum atomic E-state index is 14.4. The van der Waals surface area contributed by atoms with Crippen LogP contribution in [0.2, 0.25) is 5.02 Å². The van der Waals surface area contributed by atoms with Crippen LogP contribution in [0, 0.1) is 17.2 Å². The summed E-state index contributed by atoms with van der Waals surface area (Å²) in [7, 11) is 4.13. The lowest BCUT2D eigenvalue weighted by atomic mass is 9.56. The van der Waals surface area contributed by atoms with Gasteiger partial charge in [-0.25, -0.2) is 32.8 Å². The molecule has 1 saturated carbocycles. The van der Waals surface area contributed by atoms with E-state index in [9.17, 15) is 28.7 Å². The van der Waals surface area contributed by atoms with Crippen molar-refractivity contribution in [2.24, 2.45) is 18.4 Å². The van der Waals surface area contributed by atoms with Crippen LogP contribution in [0.1, 0.15) is 30.9 Å². The van der Waals surface area contributed by atoms with Gasteiger partial charge in [0.1, 0.15) is 5.82 Å². The van der Waals surface area contributed by atoms with Crippen LogP contribution in [-0.4, -0.2) is 45.1 Å². The van der Waals surface area contributed by atoms with Gasteiger partial charge in [0, 0.05) is 13.0 Å². The Hall–Kier alpha value is -4.32. The zero-order chi connectivity index (χ0) is 29.5. The number of carbonyl (C=O) groups excluding carboxylic acids is 2. The third kappa shape index (κ3) is 3.49. The van der Waals surface area contributed by atoms with Crippen molar-refractivity contribution in [1.82, 2.24) is 13.9 Å². The summed E-state index contributed by atoms with van der Waals surface area (Å²) in [5, 5.41) is 10.4. The molecule has 1 saturated heterocycles. The number of aromatic hydroxyl groups is 1. The molecule has 13 heteroatoms. The van der Waals surface area contributed by atoms with Crippen molar-refractivity contribution in [2.45, 2.75) is 31.8 Å². The van der Waals surface area contributed by atoms with E-state index >= 15 is 0 Å². The summed E-state index contributed by atoms with van der Waals surface area (Å²) in [6.45, 7) is 1.76. The molecule has 0 radical (unpaired) electrons. The molecule has 4 atom stereocenters. The minimum Gasteiger partial charge on any atom is -0.502 e. The highest BCUT2D eigenvalue weighted by Gasteiger charge is 2.65. The fourth-order valence-corrected chi connectivity index (χ4v) is 6.89. The summed E-state index contributed by atoms with van der Waals surface area (Å²) < 4.78 is 28.4. The molecule has 1 aliphatic carbocycles. The molecule has 2 aliphatic heterocycles. The second kappa shape index (κ2) is 9.10. The molecule has 6 rings (SSSR count). The number of benzene rings is 2. The Kier molecular flexibility index (Phi) is 5.96. The lowest BCUT2D eigenvalue weighted by Crippen LogP contribution is -2.49. The smallest absolute Gasteiger partial charge is 0.347 e. The quantitative estimate of drug-likeness (QED) is 0.369. The Balaban J connectivity index is 1.61. The molecular formula is C28H26ClFN4O7. The third-order valence-electron chi connectivity index (χ3n) is 8.73. The molecular weight excluding hydrogens is 559 g/mol. The number of amides is 2. The second-order valence-corrected chi connectivity index (χ2v) is 11.0. The van der Waals surface area contributed by atoms with E-state index in [0.717, 1.165) is 15.5 Å². The molecule has 2 fully saturated rings. The van der Waals surface area contributed by atoms with Gasteiger partial charge in [-0.3, -0.25) is 9.59 Å². The summed E-state index contributed by atoms with van der Waals surface area (Å²) in [5.74, 6) is -3.57. The summed E-state index contributed by atoms with van der Waals surface area (Å²) in [6.07, 6.45) is 1.86. The molecule has 0 spiro atoms. The molecule has 3 aromatic rings. The molecule has 3 heterocycles. The molecule has 2 amide bonds. The number of hydrogen-bond acceptors (Lipinski definition) is 7. The number of anilines is 1. The SMILES string of the molecule is COc1cc([C@H]2C3=CCn4c(=O)n(C)c(=O)n4[C@@H]3C[C@H]3C(=O)N(c4ccc(F)c(Cl)c4)C(=O)[C@@]23C)cc(OC)c1O. The Morgan fingerprint density at radius 2 is 1.71 bits per heavy atom. The minimum atomic E-state index is -1.38. The molecule has 0 unspecified atom stereocenters. The van der Waals surface area contributed by atoms with E-state index in [-0.39, 0.29) is 40.9 Å². The molecule has 0 bridgehead atoms. The van der Waals surface area contributed by atoms with Crippen LogP contribution in [-0.2, 0) is 23.2 Å². The lowest BCUT2D eigenvalue weighted by Gasteiger charge is -2.47. The third-order valence-corrected chi connectivity index (χ3v) is 9.02. The molecule has 1 N–H and O–H groups in total. The molecule has 41 heavy (non-hydrogen) atoms. The first-order valence-electron chi connectivity index (χ1n) is 12.8. The van der Waals surface area contributed by atoms with Gasteiger partial charge in [-0.1, -0.05) is 17.7 Å². The Morgan fingerprint density at radius 1 is 1.05 bits per heavy atom. The zero-order valence-electron chi connectivity index (χ0n) is 22.6. The highest BCUT2D eigenvalue weighted by Crippen LogP contribution is 2.62. The molecule has 3 aliphatic rings. The number of nitrogens with zero attached hydrogens (tertiary/aromatic N) is 4. The number of phenols is 1. The average Bonchev–Trinajstić information content (AvgIpc) is 3.29. The van der Waals surface area contributed by atoms with Crippen LogP contribution >= 0.6 is 11.6 Å². The van der Waals surface area contributed by atoms with Gasteiger partial charge in [0.05, 0.1) is 48.8 Å². The normalized spacial score (nSPS) is 25.0. The van der Waals surface area contributed by atoms with Gasteiger partial charge in [-0.15, -0.1) is 0 Å². The number of imide groups is 1. The standard InChI is InChI=1S/C28H26ClFN4O7/c1-28-16(24(36)33(25(28)37)14-5-6-18(30)17(29)11-14)12-19-15(7-8-32-26(38)31(2)27(39)34(19)32)22(28)13-9-20(40-3)23(35)21(10-13)41-4/h5-7,9-11,16,19,22,35H,8,12H2,1-4H3/t16-,19+,22-,28+/m0/s1. The lowest BCUT2D eigenvalue weighted by molar-refractivity contribution is -0.129. The van der Waals surface area contributed by atoms with Crippen LogP contribution in [0.3, 0.4) is 0 Å². The first-order valence-corrected chi connectivity index (χ1v) is 13.2. The molecule has 11 nitrogen and oxygen atoms in total. The summed E-state index contributed by atoms with van der Waals surface area (Å²) >= 11 is 6.01. The first-order chi connectivity index (χ1) is 19.4. The van der Waals surface area contributed by atoms with E-state index in [2.05, 4.69) is 0 Å². The number of carbonyl (C=O) groups is 2. The van der Waals surface area contributed by atoms with Crippen molar-refractivity contribution in [3.63, 3.8) is 0 Å². The number of rotatable bonds is 4. The van der Waals surface area contributed by atoms with Gasteiger partial charge < -0.3 is 14.6 Å². The van der Waals surface area contributed by atoms with E-state index in [0.29, 0.717) is 11.1 Å².